The van der Waals surface area contributed by atoms with Crippen LogP contribution in [-0.4, -0.2) is 24.8 Å². The van der Waals surface area contributed by atoms with Gasteiger partial charge < -0.3 is 10.6 Å². The first-order valence-corrected chi connectivity index (χ1v) is 7.02. The van der Waals surface area contributed by atoms with Crippen molar-refractivity contribution in [3.63, 3.8) is 0 Å². The fourth-order valence-electron chi connectivity index (χ4n) is 2.90. The fourth-order valence-corrected chi connectivity index (χ4v) is 2.90. The number of halogens is 1. The lowest BCUT2D eigenvalue weighted by atomic mass is 9.88. The third-order valence-electron chi connectivity index (χ3n) is 4.06. The first-order chi connectivity index (χ1) is 9.65. The van der Waals surface area contributed by atoms with Crippen molar-refractivity contribution in [3.8, 4) is 0 Å². The fraction of sp³-hybridized carbons (Fsp3) is 0.467. The first-order valence-electron chi connectivity index (χ1n) is 7.02. The molecule has 3 rings (SSSR count). The smallest absolute Gasteiger partial charge is 0.224 e. The summed E-state index contributed by atoms with van der Waals surface area (Å²) in [6.07, 6.45) is 2.46. The van der Waals surface area contributed by atoms with Crippen LogP contribution in [0.5, 0.6) is 0 Å². The zero-order valence-corrected chi connectivity index (χ0v) is 11.2. The maximum Gasteiger partial charge on any atom is 0.224 e. The molecule has 0 unspecified atom stereocenters. The molecule has 20 heavy (non-hydrogen) atoms. The molecular weight excluding hydrogens is 259 g/mol. The highest BCUT2D eigenvalue weighted by atomic mass is 19.1. The van der Waals surface area contributed by atoms with Gasteiger partial charge >= 0.3 is 0 Å². The van der Waals surface area contributed by atoms with E-state index in [0.717, 1.165) is 31.5 Å². The SMILES string of the molecule is O=C1CCc2cc(C(=O)C3CCNCC3)c(F)cc2N1. The van der Waals surface area contributed by atoms with Crippen LogP contribution in [0, 0.1) is 11.7 Å². The number of carbonyl (C=O) groups is 2. The molecule has 2 aliphatic heterocycles. The summed E-state index contributed by atoms with van der Waals surface area (Å²) in [7, 11) is 0. The minimum atomic E-state index is -0.533. The van der Waals surface area contributed by atoms with Crippen molar-refractivity contribution in [2.45, 2.75) is 25.7 Å². The molecule has 4 nitrogen and oxygen atoms in total. The van der Waals surface area contributed by atoms with E-state index in [9.17, 15) is 14.0 Å². The van der Waals surface area contributed by atoms with Gasteiger partial charge in [-0.3, -0.25) is 9.59 Å². The molecule has 0 saturated carbocycles. The molecule has 1 aromatic rings. The molecule has 106 valence electrons. The number of carbonyl (C=O) groups excluding carboxylic acids is 2. The van der Waals surface area contributed by atoms with Crippen molar-refractivity contribution in [1.29, 1.82) is 0 Å². The van der Waals surface area contributed by atoms with Crippen LogP contribution >= 0.6 is 0 Å². The summed E-state index contributed by atoms with van der Waals surface area (Å²) in [6.45, 7) is 1.61. The van der Waals surface area contributed by atoms with E-state index in [-0.39, 0.29) is 23.2 Å². The molecule has 0 atom stereocenters. The lowest BCUT2D eigenvalue weighted by Crippen LogP contribution is -2.32. The van der Waals surface area contributed by atoms with Crippen molar-refractivity contribution in [3.05, 3.63) is 29.1 Å². The van der Waals surface area contributed by atoms with Crippen molar-refractivity contribution < 1.29 is 14.0 Å². The van der Waals surface area contributed by atoms with Crippen LogP contribution in [0.15, 0.2) is 12.1 Å². The number of rotatable bonds is 2. The van der Waals surface area contributed by atoms with Crippen molar-refractivity contribution >= 4 is 17.4 Å². The summed E-state index contributed by atoms with van der Waals surface area (Å²) in [4.78, 5) is 23.7. The second kappa shape index (κ2) is 5.32. The van der Waals surface area contributed by atoms with E-state index in [0.29, 0.717) is 18.5 Å². The average Bonchev–Trinajstić information content (AvgIpc) is 2.46. The van der Waals surface area contributed by atoms with E-state index >= 15 is 0 Å². The highest BCUT2D eigenvalue weighted by molar-refractivity contribution is 6.00. The predicted octanol–water partition coefficient (Wildman–Crippen LogP) is 1.89. The normalized spacial score (nSPS) is 19.4. The number of anilines is 1. The van der Waals surface area contributed by atoms with Crippen LogP contribution < -0.4 is 10.6 Å². The lowest BCUT2D eigenvalue weighted by Gasteiger charge is -2.23. The van der Waals surface area contributed by atoms with Gasteiger partial charge in [0.1, 0.15) is 5.82 Å². The number of amides is 1. The highest BCUT2D eigenvalue weighted by Crippen LogP contribution is 2.28. The van der Waals surface area contributed by atoms with Gasteiger partial charge in [-0.25, -0.2) is 4.39 Å². The summed E-state index contributed by atoms with van der Waals surface area (Å²) >= 11 is 0. The molecule has 2 heterocycles. The van der Waals surface area contributed by atoms with Gasteiger partial charge in [-0.15, -0.1) is 0 Å². The molecule has 0 spiro atoms. The Bertz CT molecular complexity index is 565. The van der Waals surface area contributed by atoms with Crippen LogP contribution in [0.4, 0.5) is 10.1 Å². The summed E-state index contributed by atoms with van der Waals surface area (Å²) in [5, 5.41) is 5.84. The van der Waals surface area contributed by atoms with E-state index in [2.05, 4.69) is 10.6 Å². The molecule has 0 bridgehead atoms. The van der Waals surface area contributed by atoms with Crippen molar-refractivity contribution in [1.82, 2.24) is 5.32 Å². The number of fused-ring (bicyclic) bond motifs is 1. The number of hydrogen-bond donors (Lipinski definition) is 2. The highest BCUT2D eigenvalue weighted by Gasteiger charge is 2.26. The van der Waals surface area contributed by atoms with Crippen LogP contribution in [0.2, 0.25) is 0 Å². The monoisotopic (exact) mass is 276 g/mol. The molecule has 1 aromatic carbocycles. The average molecular weight is 276 g/mol. The molecule has 5 heteroatoms. The van der Waals surface area contributed by atoms with E-state index in [1.54, 1.807) is 6.07 Å². The molecular formula is C15H17FN2O2. The quantitative estimate of drug-likeness (QED) is 0.811. The third-order valence-corrected chi connectivity index (χ3v) is 4.06. The van der Waals surface area contributed by atoms with Gasteiger partial charge in [0, 0.05) is 18.0 Å². The summed E-state index contributed by atoms with van der Waals surface area (Å²) in [5.41, 5.74) is 1.52. The van der Waals surface area contributed by atoms with E-state index < -0.39 is 5.82 Å². The van der Waals surface area contributed by atoms with Crippen molar-refractivity contribution in [2.24, 2.45) is 5.92 Å². The van der Waals surface area contributed by atoms with Gasteiger partial charge in [0.2, 0.25) is 5.91 Å². The van der Waals surface area contributed by atoms with Crippen molar-refractivity contribution in [2.75, 3.05) is 18.4 Å². The zero-order valence-electron chi connectivity index (χ0n) is 11.2. The van der Waals surface area contributed by atoms with Crippen LogP contribution in [0.3, 0.4) is 0 Å². The van der Waals surface area contributed by atoms with Crippen LogP contribution in [-0.2, 0) is 11.2 Å². The summed E-state index contributed by atoms with van der Waals surface area (Å²) in [6, 6.07) is 2.90. The maximum atomic E-state index is 14.1. The Morgan fingerprint density at radius 3 is 2.70 bits per heavy atom. The molecule has 1 fully saturated rings. The Kier molecular flexibility index (Phi) is 3.53. The zero-order chi connectivity index (χ0) is 14.1. The van der Waals surface area contributed by atoms with E-state index in [1.807, 2.05) is 0 Å². The minimum Gasteiger partial charge on any atom is -0.326 e. The van der Waals surface area contributed by atoms with Crippen LogP contribution in [0.25, 0.3) is 0 Å². The summed E-state index contributed by atoms with van der Waals surface area (Å²) in [5.74, 6) is -0.838. The summed E-state index contributed by atoms with van der Waals surface area (Å²) < 4.78 is 14.1. The molecule has 0 aliphatic carbocycles. The molecule has 2 N–H and O–H groups in total. The Morgan fingerprint density at radius 1 is 1.20 bits per heavy atom. The van der Waals surface area contributed by atoms with Gasteiger partial charge in [-0.2, -0.15) is 0 Å². The second-order valence-electron chi connectivity index (χ2n) is 5.43. The van der Waals surface area contributed by atoms with Gasteiger partial charge in [0.25, 0.3) is 0 Å². The van der Waals surface area contributed by atoms with Crippen LogP contribution in [0.1, 0.15) is 35.2 Å². The standard InChI is InChI=1S/C15H17FN2O2/c16-12-8-13-10(1-2-14(19)18-13)7-11(12)15(20)9-3-5-17-6-4-9/h7-9,17H,1-6H2,(H,18,19). The van der Waals surface area contributed by atoms with Gasteiger partial charge in [-0.1, -0.05) is 0 Å². The topological polar surface area (TPSA) is 58.2 Å². The number of piperidine rings is 1. The van der Waals surface area contributed by atoms with Gasteiger partial charge in [0.15, 0.2) is 5.78 Å². The molecule has 2 aliphatic rings. The van der Waals surface area contributed by atoms with E-state index in [1.165, 1.54) is 6.07 Å². The number of aryl methyl sites for hydroxylation is 1. The number of benzene rings is 1. The van der Waals surface area contributed by atoms with Gasteiger partial charge in [0.05, 0.1) is 5.56 Å². The third kappa shape index (κ3) is 2.45. The molecule has 0 radical (unpaired) electrons. The molecule has 1 saturated heterocycles. The van der Waals surface area contributed by atoms with Gasteiger partial charge in [-0.05, 0) is 50.0 Å². The second-order valence-corrected chi connectivity index (χ2v) is 5.43. The Morgan fingerprint density at radius 2 is 1.95 bits per heavy atom. The number of nitrogens with one attached hydrogen (secondary N) is 2. The Balaban J connectivity index is 1.89. The number of hydrogen-bond acceptors (Lipinski definition) is 3. The Labute approximate surface area is 116 Å². The molecule has 1 amide bonds. The maximum absolute atomic E-state index is 14.1. The predicted molar refractivity (Wildman–Crippen MR) is 73.3 cm³/mol. The Hall–Kier alpha value is -1.75. The first kappa shape index (κ1) is 13.2. The number of ketones is 1. The van der Waals surface area contributed by atoms with E-state index in [4.69, 9.17) is 0 Å². The minimum absolute atomic E-state index is 0.0954. The largest absolute Gasteiger partial charge is 0.326 e. The lowest BCUT2D eigenvalue weighted by molar-refractivity contribution is -0.116. The number of Topliss-reactive ketones (excluding diaryl/α,β-unsaturated/α-hetero) is 1. The molecule has 0 aromatic heterocycles.